The van der Waals surface area contributed by atoms with E-state index in [1.54, 1.807) is 24.3 Å². The molecule has 0 spiro atoms. The number of fused-ring (bicyclic) bond motifs is 3. The van der Waals surface area contributed by atoms with Crippen LogP contribution < -0.4 is 0 Å². The number of nitrogens with zero attached hydrogens (tertiary/aromatic N) is 2. The van der Waals surface area contributed by atoms with Crippen LogP contribution in [0.5, 0.6) is 0 Å². The summed E-state index contributed by atoms with van der Waals surface area (Å²) >= 11 is 0. The fourth-order valence-corrected chi connectivity index (χ4v) is 5.29. The molecule has 7 aromatic rings. The van der Waals surface area contributed by atoms with Gasteiger partial charge < -0.3 is 0 Å². The Morgan fingerprint density at radius 1 is 0.375 bits per heavy atom. The average Bonchev–Trinajstić information content (AvgIpc) is 3.01. The lowest BCUT2D eigenvalue weighted by atomic mass is 9.93. The van der Waals surface area contributed by atoms with Crippen LogP contribution in [0.1, 0.15) is 0 Å². The molecule has 190 valence electrons. The molecule has 0 fully saturated rings. The van der Waals surface area contributed by atoms with Crippen molar-refractivity contribution in [1.82, 2.24) is 9.97 Å². The predicted octanol–water partition coefficient (Wildman–Crippen LogP) is 9.73. The van der Waals surface area contributed by atoms with Crippen molar-refractivity contribution in [2.24, 2.45) is 0 Å². The highest BCUT2D eigenvalue weighted by atomic mass is 19.1. The first-order chi connectivity index (χ1) is 19.7. The minimum atomic E-state index is -0.313. The molecule has 0 N–H and O–H groups in total. The number of pyridine rings is 2. The monoisotopic (exact) mass is 520 g/mol. The highest BCUT2D eigenvalue weighted by Gasteiger charge is 2.19. The van der Waals surface area contributed by atoms with Crippen LogP contribution in [0, 0.1) is 11.6 Å². The summed E-state index contributed by atoms with van der Waals surface area (Å²) < 4.78 is 30.4. The summed E-state index contributed by atoms with van der Waals surface area (Å²) in [5.41, 5.74) is 6.92. The molecule has 0 saturated carbocycles. The summed E-state index contributed by atoms with van der Waals surface area (Å²) in [6.07, 6.45) is 0. The molecular weight excluding hydrogens is 498 g/mol. The van der Waals surface area contributed by atoms with Gasteiger partial charge in [-0.1, -0.05) is 109 Å². The zero-order chi connectivity index (χ0) is 27.1. The van der Waals surface area contributed by atoms with E-state index in [1.807, 2.05) is 97.1 Å². The van der Waals surface area contributed by atoms with E-state index < -0.39 is 0 Å². The van der Waals surface area contributed by atoms with E-state index in [-0.39, 0.29) is 11.6 Å². The second-order valence-corrected chi connectivity index (χ2v) is 9.66. The predicted molar refractivity (Wildman–Crippen MR) is 159 cm³/mol. The average molecular weight is 521 g/mol. The Bertz CT molecular complexity index is 1870. The quantitative estimate of drug-likeness (QED) is 0.216. The Balaban J connectivity index is 1.64. The first kappa shape index (κ1) is 23.9. The van der Waals surface area contributed by atoms with Gasteiger partial charge in [-0.3, -0.25) is 0 Å². The van der Waals surface area contributed by atoms with Crippen molar-refractivity contribution in [3.05, 3.63) is 145 Å². The maximum absolute atomic E-state index is 15.2. The number of hydrogen-bond acceptors (Lipinski definition) is 2. The van der Waals surface area contributed by atoms with Crippen molar-refractivity contribution >= 4 is 21.8 Å². The van der Waals surface area contributed by atoms with Crippen molar-refractivity contribution in [2.45, 2.75) is 0 Å². The Hall–Kier alpha value is -5.22. The molecule has 0 bridgehead atoms. The molecule has 2 nitrogen and oxygen atoms in total. The van der Waals surface area contributed by atoms with Crippen LogP contribution in [-0.4, -0.2) is 9.97 Å². The van der Waals surface area contributed by atoms with E-state index in [1.165, 1.54) is 12.1 Å². The van der Waals surface area contributed by atoms with Gasteiger partial charge in [0.1, 0.15) is 11.6 Å². The van der Waals surface area contributed by atoms with Crippen molar-refractivity contribution in [3.63, 3.8) is 0 Å². The Kier molecular flexibility index (Phi) is 5.86. The lowest BCUT2D eigenvalue weighted by Gasteiger charge is -2.16. The largest absolute Gasteiger partial charge is 0.245 e. The maximum Gasteiger partial charge on any atom is 0.131 e. The second kappa shape index (κ2) is 9.83. The molecular formula is C36H22F2N2. The molecule has 0 atom stereocenters. The minimum Gasteiger partial charge on any atom is -0.245 e. The molecule has 0 radical (unpaired) electrons. The van der Waals surface area contributed by atoms with Crippen LogP contribution in [-0.2, 0) is 0 Å². The van der Waals surface area contributed by atoms with Crippen LogP contribution >= 0.6 is 0 Å². The Labute approximate surface area is 230 Å². The zero-order valence-electron chi connectivity index (χ0n) is 21.4. The van der Waals surface area contributed by atoms with Crippen LogP contribution in [0.3, 0.4) is 0 Å². The minimum absolute atomic E-state index is 0.313. The third-order valence-corrected chi connectivity index (χ3v) is 7.23. The molecule has 2 aromatic heterocycles. The molecule has 7 rings (SSSR count). The number of halogens is 2. The molecule has 2 heterocycles. The second-order valence-electron chi connectivity index (χ2n) is 9.66. The van der Waals surface area contributed by atoms with Crippen molar-refractivity contribution in [1.29, 1.82) is 0 Å². The van der Waals surface area contributed by atoms with E-state index in [4.69, 9.17) is 9.97 Å². The summed E-state index contributed by atoms with van der Waals surface area (Å²) in [6.45, 7) is 0. The van der Waals surface area contributed by atoms with E-state index in [2.05, 4.69) is 0 Å². The molecule has 0 aliphatic rings. The van der Waals surface area contributed by atoms with E-state index >= 15 is 8.78 Å². The van der Waals surface area contributed by atoms with Crippen LogP contribution in [0.15, 0.2) is 133 Å². The first-order valence-electron chi connectivity index (χ1n) is 13.1. The van der Waals surface area contributed by atoms with Gasteiger partial charge in [0.25, 0.3) is 0 Å². The van der Waals surface area contributed by atoms with E-state index in [0.717, 1.165) is 33.0 Å². The Morgan fingerprint density at radius 3 is 1.15 bits per heavy atom. The van der Waals surface area contributed by atoms with Gasteiger partial charge in [0.15, 0.2) is 0 Å². The van der Waals surface area contributed by atoms with Crippen LogP contribution in [0.2, 0.25) is 0 Å². The molecule has 40 heavy (non-hydrogen) atoms. The van der Waals surface area contributed by atoms with Gasteiger partial charge in [0.2, 0.25) is 0 Å². The number of rotatable bonds is 4. The summed E-state index contributed by atoms with van der Waals surface area (Å²) in [5, 5.41) is 1.55. The normalized spacial score (nSPS) is 11.2. The first-order valence-corrected chi connectivity index (χ1v) is 13.1. The summed E-state index contributed by atoms with van der Waals surface area (Å²) in [5.74, 6) is -0.626. The van der Waals surface area contributed by atoms with Gasteiger partial charge in [-0.25, -0.2) is 18.7 Å². The number of aromatic nitrogens is 2. The third-order valence-electron chi connectivity index (χ3n) is 7.23. The van der Waals surface area contributed by atoms with Crippen molar-refractivity contribution in [3.8, 4) is 44.8 Å². The van der Waals surface area contributed by atoms with Gasteiger partial charge >= 0.3 is 0 Å². The summed E-state index contributed by atoms with van der Waals surface area (Å²) in [6, 6.07) is 40.9. The highest BCUT2D eigenvalue weighted by molar-refractivity contribution is 6.13. The Morgan fingerprint density at radius 2 is 0.750 bits per heavy atom. The summed E-state index contributed by atoms with van der Waals surface area (Å²) in [4.78, 5) is 10.2. The lowest BCUT2D eigenvalue weighted by Crippen LogP contribution is -1.97. The third kappa shape index (κ3) is 4.11. The highest BCUT2D eigenvalue weighted by Crippen LogP contribution is 2.40. The SMILES string of the molecule is Fc1ccccc1-c1cc(-c2ccccc2)nc2c1ccc1c(-c3ccccc3F)cc(-c3ccccc3)nc12. The topological polar surface area (TPSA) is 25.8 Å². The smallest absolute Gasteiger partial charge is 0.131 e. The number of hydrogen-bond donors (Lipinski definition) is 0. The van der Waals surface area contributed by atoms with Crippen molar-refractivity contribution < 1.29 is 8.78 Å². The molecule has 0 unspecified atom stereocenters. The van der Waals surface area contributed by atoms with Gasteiger partial charge in [0.05, 0.1) is 22.4 Å². The van der Waals surface area contributed by atoms with Gasteiger partial charge in [-0.05, 0) is 35.4 Å². The van der Waals surface area contributed by atoms with E-state index in [9.17, 15) is 0 Å². The van der Waals surface area contributed by atoms with Gasteiger partial charge in [-0.2, -0.15) is 0 Å². The van der Waals surface area contributed by atoms with Crippen LogP contribution in [0.25, 0.3) is 66.6 Å². The maximum atomic E-state index is 15.2. The fraction of sp³-hybridized carbons (Fsp3) is 0. The van der Waals surface area contributed by atoms with E-state index in [0.29, 0.717) is 33.5 Å². The molecule has 0 aliphatic carbocycles. The van der Waals surface area contributed by atoms with Gasteiger partial charge in [-0.15, -0.1) is 0 Å². The van der Waals surface area contributed by atoms with Crippen LogP contribution in [0.4, 0.5) is 8.78 Å². The zero-order valence-corrected chi connectivity index (χ0v) is 21.4. The molecule has 5 aromatic carbocycles. The fourth-order valence-electron chi connectivity index (χ4n) is 5.29. The molecule has 0 aliphatic heterocycles. The molecule has 4 heteroatoms. The standard InChI is InChI=1S/C36H22F2N2/c37-31-17-9-7-15-25(31)29-21-33(23-11-3-1-4-12-23)39-35-27(29)19-20-28-30(26-16-8-10-18-32(26)38)22-34(40-36(28)35)24-13-5-2-6-14-24/h1-22H. The number of benzene rings is 5. The van der Waals surface area contributed by atoms with Crippen molar-refractivity contribution in [2.75, 3.05) is 0 Å². The summed E-state index contributed by atoms with van der Waals surface area (Å²) in [7, 11) is 0. The molecule has 0 amide bonds. The molecule has 0 saturated heterocycles. The van der Waals surface area contributed by atoms with Gasteiger partial charge in [0, 0.05) is 33.0 Å². The lowest BCUT2D eigenvalue weighted by molar-refractivity contribution is 0.631.